The molecule has 0 saturated carbocycles. The number of nitrogens with one attached hydrogen (secondary N) is 1. The molecule has 2 aliphatic rings. The molecule has 0 aromatic heterocycles. The predicted molar refractivity (Wildman–Crippen MR) is 109 cm³/mol. The fourth-order valence-electron chi connectivity index (χ4n) is 3.46. The van der Waals surface area contributed by atoms with E-state index < -0.39 is 9.84 Å². The zero-order valence-electron chi connectivity index (χ0n) is 14.7. The van der Waals surface area contributed by atoms with E-state index in [-0.39, 0.29) is 24.0 Å². The van der Waals surface area contributed by atoms with Crippen LogP contribution in [0.15, 0.2) is 34.2 Å². The van der Waals surface area contributed by atoms with Crippen molar-refractivity contribution in [2.45, 2.75) is 24.3 Å². The third kappa shape index (κ3) is 4.85. The average molecular weight is 479 g/mol. The van der Waals surface area contributed by atoms with Crippen LogP contribution in [-0.4, -0.2) is 58.9 Å². The first-order chi connectivity index (χ1) is 11.4. The summed E-state index contributed by atoms with van der Waals surface area (Å²) in [6, 6.07) is 6.98. The molecule has 8 heteroatoms. The van der Waals surface area contributed by atoms with Crippen LogP contribution < -0.4 is 5.32 Å². The zero-order valence-corrected chi connectivity index (χ0v) is 17.8. The summed E-state index contributed by atoms with van der Waals surface area (Å²) in [5.41, 5.74) is 1.33. The van der Waals surface area contributed by atoms with Crippen LogP contribution in [0.1, 0.15) is 18.4 Å². The molecule has 0 amide bonds. The highest BCUT2D eigenvalue weighted by Crippen LogP contribution is 2.38. The topological polar surface area (TPSA) is 71.0 Å². The minimum atomic E-state index is -3.15. The van der Waals surface area contributed by atoms with Gasteiger partial charge in [0.2, 0.25) is 0 Å². The lowest BCUT2D eigenvalue weighted by atomic mass is 9.87. The van der Waals surface area contributed by atoms with Crippen molar-refractivity contribution >= 4 is 39.8 Å². The molecule has 1 N–H and O–H groups in total. The lowest BCUT2D eigenvalue weighted by molar-refractivity contribution is 0.156. The summed E-state index contributed by atoms with van der Waals surface area (Å²) in [6.07, 6.45) is 3.50. The summed E-state index contributed by atoms with van der Waals surface area (Å²) in [5, 5.41) is 3.38. The number of rotatable bonds is 3. The maximum atomic E-state index is 11.5. The van der Waals surface area contributed by atoms with Gasteiger partial charge in [-0.2, -0.15) is 0 Å². The number of hydrogen-bond acceptors (Lipinski definition) is 4. The molecule has 2 aliphatic heterocycles. The Morgan fingerprint density at radius 1 is 1.32 bits per heavy atom. The third-order valence-corrected chi connectivity index (χ3v) is 6.07. The van der Waals surface area contributed by atoms with E-state index in [2.05, 4.69) is 15.2 Å². The Kier molecular flexibility index (Phi) is 6.72. The number of nitrogens with zero attached hydrogens (tertiary/aromatic N) is 2. The predicted octanol–water partition coefficient (Wildman–Crippen LogP) is 1.90. The number of hydrogen-bond donors (Lipinski definition) is 1. The van der Waals surface area contributed by atoms with E-state index in [1.165, 1.54) is 6.26 Å². The Labute approximate surface area is 167 Å². The zero-order chi connectivity index (χ0) is 17.2. The van der Waals surface area contributed by atoms with Gasteiger partial charge in [-0.05, 0) is 30.5 Å². The summed E-state index contributed by atoms with van der Waals surface area (Å²) in [4.78, 5) is 7.03. The number of guanidine groups is 1. The standard InChI is InChI=1S/C17H25N3O3S.HI/c1-18-16(20-9-7-17(12-20)8-10-23-13-17)19-11-14-3-5-15(6-4-14)24(2,21)22;/h3-6H,7-13H2,1-2H3,(H,18,19);1H. The fraction of sp³-hybridized carbons (Fsp3) is 0.588. The molecule has 3 rings (SSSR count). The Morgan fingerprint density at radius 3 is 2.60 bits per heavy atom. The van der Waals surface area contributed by atoms with Crippen molar-refractivity contribution in [2.75, 3.05) is 39.6 Å². The van der Waals surface area contributed by atoms with E-state index >= 15 is 0 Å². The third-order valence-electron chi connectivity index (χ3n) is 4.94. The van der Waals surface area contributed by atoms with Crippen LogP contribution in [0.4, 0.5) is 0 Å². The van der Waals surface area contributed by atoms with Gasteiger partial charge in [0.15, 0.2) is 15.8 Å². The SMILES string of the molecule is CN=C(NCc1ccc(S(C)(=O)=O)cc1)N1CCC2(CCOC2)C1.I. The Hall–Kier alpha value is -0.870. The molecular formula is C17H26IN3O3S. The molecule has 0 bridgehead atoms. The minimum absolute atomic E-state index is 0. The number of sulfone groups is 1. The maximum Gasteiger partial charge on any atom is 0.193 e. The highest BCUT2D eigenvalue weighted by Gasteiger charge is 2.42. The summed E-state index contributed by atoms with van der Waals surface area (Å²) in [7, 11) is -1.35. The largest absolute Gasteiger partial charge is 0.381 e. The van der Waals surface area contributed by atoms with Gasteiger partial charge >= 0.3 is 0 Å². The lowest BCUT2D eigenvalue weighted by Gasteiger charge is -2.25. The van der Waals surface area contributed by atoms with Crippen molar-refractivity contribution in [3.8, 4) is 0 Å². The van der Waals surface area contributed by atoms with Crippen molar-refractivity contribution in [1.29, 1.82) is 0 Å². The molecule has 0 radical (unpaired) electrons. The molecule has 0 aliphatic carbocycles. The summed E-state index contributed by atoms with van der Waals surface area (Å²) in [5.74, 6) is 0.894. The van der Waals surface area contributed by atoms with Gasteiger partial charge in [0, 0.05) is 45.0 Å². The van der Waals surface area contributed by atoms with Crippen molar-refractivity contribution < 1.29 is 13.2 Å². The quantitative estimate of drug-likeness (QED) is 0.408. The smallest absolute Gasteiger partial charge is 0.193 e. The normalized spacial score (nSPS) is 23.8. The molecule has 6 nitrogen and oxygen atoms in total. The van der Waals surface area contributed by atoms with E-state index in [9.17, 15) is 8.42 Å². The number of ether oxygens (including phenoxy) is 1. The average Bonchev–Trinajstić information content (AvgIpc) is 3.18. The van der Waals surface area contributed by atoms with Crippen LogP contribution >= 0.6 is 24.0 Å². The summed E-state index contributed by atoms with van der Waals surface area (Å²) >= 11 is 0. The molecule has 2 fully saturated rings. The molecule has 1 unspecified atom stereocenters. The Bertz CT molecular complexity index is 713. The van der Waals surface area contributed by atoms with Gasteiger partial charge in [0.05, 0.1) is 11.5 Å². The van der Waals surface area contributed by atoms with Crippen molar-refractivity contribution in [3.05, 3.63) is 29.8 Å². The van der Waals surface area contributed by atoms with Gasteiger partial charge in [0.1, 0.15) is 0 Å². The first kappa shape index (κ1) is 20.4. The van der Waals surface area contributed by atoms with Gasteiger partial charge in [0.25, 0.3) is 0 Å². The summed E-state index contributed by atoms with van der Waals surface area (Å²) in [6.45, 7) is 4.33. The van der Waals surface area contributed by atoms with Gasteiger partial charge < -0.3 is 15.0 Å². The fourth-order valence-corrected chi connectivity index (χ4v) is 4.09. The van der Waals surface area contributed by atoms with Gasteiger partial charge in [-0.15, -0.1) is 24.0 Å². The molecule has 1 atom stereocenters. The highest BCUT2D eigenvalue weighted by atomic mass is 127. The second-order valence-corrected chi connectivity index (χ2v) is 8.81. The van der Waals surface area contributed by atoms with E-state index in [0.717, 1.165) is 50.7 Å². The number of likely N-dealkylation sites (tertiary alicyclic amines) is 1. The van der Waals surface area contributed by atoms with Crippen LogP contribution in [0.25, 0.3) is 0 Å². The molecule has 1 aromatic carbocycles. The molecule has 140 valence electrons. The van der Waals surface area contributed by atoms with Crippen molar-refractivity contribution in [3.63, 3.8) is 0 Å². The number of benzene rings is 1. The van der Waals surface area contributed by atoms with E-state index in [0.29, 0.717) is 16.9 Å². The lowest BCUT2D eigenvalue weighted by Crippen LogP contribution is -2.41. The monoisotopic (exact) mass is 479 g/mol. The first-order valence-corrected chi connectivity index (χ1v) is 10.1. The Balaban J connectivity index is 0.00000225. The van der Waals surface area contributed by atoms with E-state index in [1.54, 1.807) is 19.2 Å². The van der Waals surface area contributed by atoms with Crippen LogP contribution in [0.2, 0.25) is 0 Å². The molecular weight excluding hydrogens is 453 g/mol. The molecule has 1 aromatic rings. The van der Waals surface area contributed by atoms with Crippen LogP contribution in [0.3, 0.4) is 0 Å². The van der Waals surface area contributed by atoms with Crippen molar-refractivity contribution in [1.82, 2.24) is 10.2 Å². The molecule has 25 heavy (non-hydrogen) atoms. The number of aliphatic imine (C=N–C) groups is 1. The van der Waals surface area contributed by atoms with Crippen LogP contribution in [-0.2, 0) is 21.1 Å². The van der Waals surface area contributed by atoms with Gasteiger partial charge in [-0.1, -0.05) is 12.1 Å². The van der Waals surface area contributed by atoms with Crippen molar-refractivity contribution in [2.24, 2.45) is 10.4 Å². The second-order valence-electron chi connectivity index (χ2n) is 6.79. The van der Waals surface area contributed by atoms with E-state index in [1.807, 2.05) is 12.1 Å². The maximum absolute atomic E-state index is 11.5. The molecule has 2 saturated heterocycles. The minimum Gasteiger partial charge on any atom is -0.381 e. The second kappa shape index (κ2) is 8.22. The van der Waals surface area contributed by atoms with Gasteiger partial charge in [-0.25, -0.2) is 8.42 Å². The Morgan fingerprint density at radius 2 is 2.04 bits per heavy atom. The van der Waals surface area contributed by atoms with Crippen LogP contribution in [0, 0.1) is 5.41 Å². The molecule has 1 spiro atoms. The van der Waals surface area contributed by atoms with E-state index in [4.69, 9.17) is 4.74 Å². The van der Waals surface area contributed by atoms with Crippen LogP contribution in [0.5, 0.6) is 0 Å². The first-order valence-electron chi connectivity index (χ1n) is 8.24. The van der Waals surface area contributed by atoms with Gasteiger partial charge in [-0.3, -0.25) is 4.99 Å². The summed E-state index contributed by atoms with van der Waals surface area (Å²) < 4.78 is 28.6. The number of halogens is 1. The highest BCUT2D eigenvalue weighted by molar-refractivity contribution is 14.0. The molecule has 2 heterocycles.